The number of rotatable bonds is 8. The molecule has 0 aromatic heterocycles. The van der Waals surface area contributed by atoms with Crippen LogP contribution in [0.2, 0.25) is 0 Å². The predicted octanol–water partition coefficient (Wildman–Crippen LogP) is 4.43. The van der Waals surface area contributed by atoms with Crippen LogP contribution in [0.15, 0.2) is 24.3 Å². The van der Waals surface area contributed by atoms with E-state index in [1.165, 1.54) is 12.1 Å². The number of hydrogen-bond acceptors (Lipinski definition) is 2. The van der Waals surface area contributed by atoms with Gasteiger partial charge in [0.2, 0.25) is 0 Å². The minimum absolute atomic E-state index is 0.196. The molecule has 0 unspecified atom stereocenters. The van der Waals surface area contributed by atoms with Gasteiger partial charge in [0.05, 0.1) is 0 Å². The van der Waals surface area contributed by atoms with Crippen molar-refractivity contribution in [2.24, 2.45) is 0 Å². The molecule has 0 N–H and O–H groups in total. The summed E-state index contributed by atoms with van der Waals surface area (Å²) in [5.74, 6) is 0.345. The van der Waals surface area contributed by atoms with Gasteiger partial charge in [-0.3, -0.25) is 4.90 Å². The Morgan fingerprint density at radius 3 is 2.30 bits per heavy atom. The van der Waals surface area contributed by atoms with Crippen molar-refractivity contribution in [1.82, 2.24) is 4.90 Å². The van der Waals surface area contributed by atoms with E-state index in [2.05, 4.69) is 16.6 Å². The number of nitrogens with zero attached hydrogens (tertiary/aromatic N) is 1. The molecule has 0 aliphatic heterocycles. The van der Waals surface area contributed by atoms with Gasteiger partial charge in [0.25, 0.3) is 0 Å². The molecule has 20 heavy (non-hydrogen) atoms. The third-order valence-corrected chi connectivity index (χ3v) is 2.96. The summed E-state index contributed by atoms with van der Waals surface area (Å²) in [5.41, 5.74) is 0.945. The zero-order valence-corrected chi connectivity index (χ0v) is 12.2. The number of unbranched alkanes of at least 4 members (excludes halogenated alkanes) is 1. The van der Waals surface area contributed by atoms with Gasteiger partial charge in [0.1, 0.15) is 5.75 Å². The zero-order chi connectivity index (χ0) is 15.0. The number of halogens is 4. The van der Waals surface area contributed by atoms with Gasteiger partial charge >= 0.3 is 6.36 Å². The summed E-state index contributed by atoms with van der Waals surface area (Å²) in [7, 11) is 0. The highest BCUT2D eigenvalue weighted by Gasteiger charge is 2.30. The quantitative estimate of drug-likeness (QED) is 0.659. The van der Waals surface area contributed by atoms with Crippen LogP contribution in [-0.2, 0) is 6.54 Å². The Morgan fingerprint density at radius 2 is 1.80 bits per heavy atom. The van der Waals surface area contributed by atoms with Crippen molar-refractivity contribution in [2.45, 2.75) is 32.7 Å². The van der Waals surface area contributed by atoms with Crippen LogP contribution in [0.1, 0.15) is 25.3 Å². The van der Waals surface area contributed by atoms with Crippen LogP contribution < -0.4 is 4.74 Å². The van der Waals surface area contributed by atoms with Crippen LogP contribution in [0.25, 0.3) is 0 Å². The largest absolute Gasteiger partial charge is 0.573 e. The molecular formula is C14H19ClF3NO. The minimum atomic E-state index is -4.65. The van der Waals surface area contributed by atoms with E-state index in [1.807, 2.05) is 0 Å². The van der Waals surface area contributed by atoms with E-state index in [0.717, 1.165) is 31.5 Å². The Kier molecular flexibility index (Phi) is 7.16. The molecule has 0 saturated carbocycles. The molecule has 0 spiro atoms. The first-order valence-electron chi connectivity index (χ1n) is 6.57. The van der Waals surface area contributed by atoms with Crippen LogP contribution in [-0.4, -0.2) is 30.2 Å². The zero-order valence-electron chi connectivity index (χ0n) is 11.4. The van der Waals surface area contributed by atoms with E-state index in [-0.39, 0.29) is 5.75 Å². The second kappa shape index (κ2) is 8.37. The van der Waals surface area contributed by atoms with E-state index >= 15 is 0 Å². The topological polar surface area (TPSA) is 12.5 Å². The molecule has 0 saturated heterocycles. The van der Waals surface area contributed by atoms with Crippen LogP contribution in [0.4, 0.5) is 13.2 Å². The minimum Gasteiger partial charge on any atom is -0.406 e. The molecule has 1 aromatic carbocycles. The van der Waals surface area contributed by atoms with Crippen molar-refractivity contribution in [3.05, 3.63) is 29.8 Å². The van der Waals surface area contributed by atoms with Crippen molar-refractivity contribution in [3.8, 4) is 5.75 Å². The number of benzene rings is 1. The summed E-state index contributed by atoms with van der Waals surface area (Å²) in [5, 5.41) is 0. The molecule has 114 valence electrons. The first kappa shape index (κ1) is 17.1. The fourth-order valence-electron chi connectivity index (χ4n) is 1.83. The molecule has 2 nitrogen and oxygen atoms in total. The number of ether oxygens (including phenoxy) is 1. The lowest BCUT2D eigenvalue weighted by Crippen LogP contribution is -2.26. The van der Waals surface area contributed by atoms with Crippen LogP contribution in [0.3, 0.4) is 0 Å². The number of hydrogen-bond donors (Lipinski definition) is 0. The summed E-state index contributed by atoms with van der Waals surface area (Å²) in [6.07, 6.45) is -2.48. The SMILES string of the molecule is CCCCN(CCCl)Cc1ccc(OC(F)(F)F)cc1. The summed E-state index contributed by atoms with van der Waals surface area (Å²) in [6.45, 7) is 4.49. The normalized spacial score (nSPS) is 11.9. The van der Waals surface area contributed by atoms with Gasteiger partial charge in [-0.15, -0.1) is 24.8 Å². The van der Waals surface area contributed by atoms with Crippen molar-refractivity contribution in [3.63, 3.8) is 0 Å². The smallest absolute Gasteiger partial charge is 0.406 e. The predicted molar refractivity (Wildman–Crippen MR) is 74.0 cm³/mol. The fraction of sp³-hybridized carbons (Fsp3) is 0.571. The maximum Gasteiger partial charge on any atom is 0.573 e. The first-order valence-corrected chi connectivity index (χ1v) is 7.11. The monoisotopic (exact) mass is 309 g/mol. The molecule has 0 atom stereocenters. The molecule has 1 aromatic rings. The van der Waals surface area contributed by atoms with Crippen molar-refractivity contribution in [2.75, 3.05) is 19.0 Å². The van der Waals surface area contributed by atoms with Gasteiger partial charge in [0.15, 0.2) is 0 Å². The van der Waals surface area contributed by atoms with Crippen molar-refractivity contribution in [1.29, 1.82) is 0 Å². The molecule has 6 heteroatoms. The second-order valence-corrected chi connectivity index (χ2v) is 4.89. The lowest BCUT2D eigenvalue weighted by atomic mass is 10.2. The Balaban J connectivity index is 2.58. The fourth-order valence-corrected chi connectivity index (χ4v) is 2.06. The standard InChI is InChI=1S/C14H19ClF3NO/c1-2-3-9-19(10-8-15)11-12-4-6-13(7-5-12)20-14(16,17)18/h4-7H,2-3,8-11H2,1H3. The Hall–Kier alpha value is -0.940. The van der Waals surface area contributed by atoms with E-state index in [1.54, 1.807) is 12.1 Å². The summed E-state index contributed by atoms with van der Waals surface area (Å²) in [4.78, 5) is 2.19. The summed E-state index contributed by atoms with van der Waals surface area (Å²) >= 11 is 5.75. The maximum absolute atomic E-state index is 12.0. The van der Waals surface area contributed by atoms with E-state index < -0.39 is 6.36 Å². The third kappa shape index (κ3) is 7.01. The van der Waals surface area contributed by atoms with Gasteiger partial charge < -0.3 is 4.74 Å². The Bertz CT molecular complexity index is 381. The van der Waals surface area contributed by atoms with Gasteiger partial charge in [-0.1, -0.05) is 25.5 Å². The summed E-state index contributed by atoms with van der Waals surface area (Å²) < 4.78 is 40.0. The van der Waals surface area contributed by atoms with Gasteiger partial charge in [-0.2, -0.15) is 0 Å². The van der Waals surface area contributed by atoms with Gasteiger partial charge in [0, 0.05) is 19.0 Å². The highest BCUT2D eigenvalue weighted by atomic mass is 35.5. The first-order chi connectivity index (χ1) is 9.44. The Labute approximate surface area is 122 Å². The molecule has 1 rings (SSSR count). The van der Waals surface area contributed by atoms with E-state index in [0.29, 0.717) is 12.4 Å². The average Bonchev–Trinajstić information content (AvgIpc) is 2.37. The lowest BCUT2D eigenvalue weighted by molar-refractivity contribution is -0.274. The maximum atomic E-state index is 12.0. The van der Waals surface area contributed by atoms with Crippen LogP contribution >= 0.6 is 11.6 Å². The molecule has 0 aliphatic carbocycles. The highest BCUT2D eigenvalue weighted by Crippen LogP contribution is 2.23. The van der Waals surface area contributed by atoms with Crippen LogP contribution in [0, 0.1) is 0 Å². The van der Waals surface area contributed by atoms with E-state index in [4.69, 9.17) is 11.6 Å². The molecule has 0 aliphatic rings. The van der Waals surface area contributed by atoms with Crippen molar-refractivity contribution < 1.29 is 17.9 Å². The third-order valence-electron chi connectivity index (χ3n) is 2.79. The average molecular weight is 310 g/mol. The summed E-state index contributed by atoms with van der Waals surface area (Å²) in [6, 6.07) is 5.96. The molecule has 0 heterocycles. The number of alkyl halides is 4. The molecule has 0 bridgehead atoms. The second-order valence-electron chi connectivity index (χ2n) is 4.51. The Morgan fingerprint density at radius 1 is 1.15 bits per heavy atom. The van der Waals surface area contributed by atoms with E-state index in [9.17, 15) is 13.2 Å². The van der Waals surface area contributed by atoms with Gasteiger partial charge in [-0.25, -0.2) is 0 Å². The highest BCUT2D eigenvalue weighted by molar-refractivity contribution is 6.18. The van der Waals surface area contributed by atoms with Crippen LogP contribution in [0.5, 0.6) is 5.75 Å². The lowest BCUT2D eigenvalue weighted by Gasteiger charge is -2.21. The van der Waals surface area contributed by atoms with Gasteiger partial charge in [-0.05, 0) is 30.7 Å². The molecule has 0 radical (unpaired) electrons. The molecule has 0 amide bonds. The molecular weight excluding hydrogens is 291 g/mol. The molecule has 0 fully saturated rings. The van der Waals surface area contributed by atoms with Crippen molar-refractivity contribution >= 4 is 11.6 Å².